The van der Waals surface area contributed by atoms with Crippen LogP contribution < -0.4 is 10.1 Å². The van der Waals surface area contributed by atoms with Gasteiger partial charge in [-0.2, -0.15) is 5.10 Å². The van der Waals surface area contributed by atoms with Gasteiger partial charge in [0.05, 0.1) is 21.2 Å². The zero-order chi connectivity index (χ0) is 22.0. The van der Waals surface area contributed by atoms with Crippen molar-refractivity contribution >= 4 is 45.7 Å². The summed E-state index contributed by atoms with van der Waals surface area (Å²) in [6, 6.07) is 13.0. The van der Waals surface area contributed by atoms with Gasteiger partial charge in [-0.25, -0.2) is 0 Å². The third kappa shape index (κ3) is 4.26. The summed E-state index contributed by atoms with van der Waals surface area (Å²) in [5, 5.41) is 12.0. The molecule has 2 heterocycles. The van der Waals surface area contributed by atoms with Crippen LogP contribution >= 0.6 is 23.2 Å². The molecular formula is C23H18Cl2N4O2. The summed E-state index contributed by atoms with van der Waals surface area (Å²) in [6.07, 6.45) is 3.90. The van der Waals surface area contributed by atoms with Crippen LogP contribution in [0.25, 0.3) is 22.2 Å². The highest BCUT2D eigenvalue weighted by Gasteiger charge is 2.18. The fourth-order valence-electron chi connectivity index (χ4n) is 3.33. The number of para-hydroxylation sites is 1. The van der Waals surface area contributed by atoms with Crippen molar-refractivity contribution in [2.75, 3.05) is 5.32 Å². The predicted molar refractivity (Wildman–Crippen MR) is 124 cm³/mol. The summed E-state index contributed by atoms with van der Waals surface area (Å²) in [4.78, 5) is 15.8. The van der Waals surface area contributed by atoms with Gasteiger partial charge in [0.2, 0.25) is 5.91 Å². The Balaban J connectivity index is 1.71. The molecule has 0 bridgehead atoms. The average molecular weight is 453 g/mol. The maximum atomic E-state index is 11.8. The molecule has 1 unspecified atom stereocenters. The van der Waals surface area contributed by atoms with Crippen LogP contribution in [0.15, 0.2) is 67.5 Å². The molecule has 0 saturated heterocycles. The molecule has 0 aliphatic carbocycles. The number of hydrogen-bond acceptors (Lipinski definition) is 4. The molecule has 0 spiro atoms. The van der Waals surface area contributed by atoms with E-state index in [-0.39, 0.29) is 5.91 Å². The zero-order valence-corrected chi connectivity index (χ0v) is 18.0. The molecule has 156 valence electrons. The highest BCUT2D eigenvalue weighted by Crippen LogP contribution is 2.36. The summed E-state index contributed by atoms with van der Waals surface area (Å²) < 4.78 is 6.12. The molecule has 0 aliphatic heterocycles. The van der Waals surface area contributed by atoms with Gasteiger partial charge in [-0.05, 0) is 37.3 Å². The van der Waals surface area contributed by atoms with E-state index in [1.165, 1.54) is 18.5 Å². The van der Waals surface area contributed by atoms with Crippen LogP contribution in [0.2, 0.25) is 10.0 Å². The van der Waals surface area contributed by atoms with Gasteiger partial charge in [-0.3, -0.25) is 14.9 Å². The van der Waals surface area contributed by atoms with Crippen molar-refractivity contribution in [3.05, 3.63) is 83.1 Å². The summed E-state index contributed by atoms with van der Waals surface area (Å²) in [7, 11) is 0. The molecule has 4 aromatic rings. The second kappa shape index (κ2) is 8.79. The molecule has 1 amide bonds. The first-order valence-electron chi connectivity index (χ1n) is 9.44. The predicted octanol–water partition coefficient (Wildman–Crippen LogP) is 6.20. The minimum absolute atomic E-state index is 0.295. The number of carbonyl (C=O) groups excluding carboxylic acids is 1. The summed E-state index contributed by atoms with van der Waals surface area (Å²) >= 11 is 12.5. The molecule has 0 radical (unpaired) electrons. The Morgan fingerprint density at radius 1 is 1.19 bits per heavy atom. The molecule has 8 heteroatoms. The Morgan fingerprint density at radius 2 is 1.94 bits per heavy atom. The first kappa shape index (κ1) is 20.9. The van der Waals surface area contributed by atoms with E-state index >= 15 is 0 Å². The van der Waals surface area contributed by atoms with Crippen molar-refractivity contribution in [1.29, 1.82) is 0 Å². The Labute approximate surface area is 188 Å². The number of aromatic nitrogens is 3. The van der Waals surface area contributed by atoms with Crippen molar-refractivity contribution in [3.8, 4) is 17.0 Å². The van der Waals surface area contributed by atoms with Gasteiger partial charge in [0.1, 0.15) is 17.5 Å². The number of anilines is 1. The molecule has 2 N–H and O–H groups in total. The summed E-state index contributed by atoms with van der Waals surface area (Å²) in [5.41, 5.74) is 3.60. The summed E-state index contributed by atoms with van der Waals surface area (Å²) in [5.74, 6) is 0.329. The third-order valence-electron chi connectivity index (χ3n) is 4.77. The standard InChI is InChI=1S/C23H18Cl2N4O2/c1-3-21(30)27-19-7-5-4-6-15(19)23-16-10-14(8-9-20(16)28-29-23)31-13(2)22-17(24)11-26-12-18(22)25/h3-13H,1H2,2H3,(H,27,30)(H,28,29). The number of fused-ring (bicyclic) bond motifs is 1. The molecule has 2 aromatic carbocycles. The molecule has 0 aliphatic rings. The Bertz CT molecular complexity index is 1270. The maximum absolute atomic E-state index is 11.8. The molecule has 0 saturated carbocycles. The second-order valence-corrected chi connectivity index (χ2v) is 7.61. The van der Waals surface area contributed by atoms with Crippen molar-refractivity contribution in [1.82, 2.24) is 15.2 Å². The number of hydrogen-bond donors (Lipinski definition) is 2. The van der Waals surface area contributed by atoms with Gasteiger partial charge >= 0.3 is 0 Å². The molecule has 2 aromatic heterocycles. The van der Waals surface area contributed by atoms with Crippen LogP contribution in [-0.2, 0) is 4.79 Å². The van der Waals surface area contributed by atoms with Gasteiger partial charge in [0, 0.05) is 28.9 Å². The number of aromatic amines is 1. The van der Waals surface area contributed by atoms with Gasteiger partial charge in [0.15, 0.2) is 0 Å². The highest BCUT2D eigenvalue weighted by molar-refractivity contribution is 6.35. The Kier molecular flexibility index (Phi) is 5.93. The number of carbonyl (C=O) groups is 1. The van der Waals surface area contributed by atoms with Gasteiger partial charge in [0.25, 0.3) is 0 Å². The van der Waals surface area contributed by atoms with Crippen molar-refractivity contribution in [2.45, 2.75) is 13.0 Å². The lowest BCUT2D eigenvalue weighted by atomic mass is 10.1. The van der Waals surface area contributed by atoms with E-state index in [0.29, 0.717) is 32.7 Å². The van der Waals surface area contributed by atoms with E-state index in [2.05, 4.69) is 27.1 Å². The number of benzene rings is 2. The topological polar surface area (TPSA) is 79.9 Å². The van der Waals surface area contributed by atoms with E-state index in [1.807, 2.05) is 49.4 Å². The number of nitrogens with zero attached hydrogens (tertiary/aromatic N) is 2. The summed E-state index contributed by atoms with van der Waals surface area (Å²) in [6.45, 7) is 5.37. The van der Waals surface area contributed by atoms with Crippen LogP contribution in [0, 0.1) is 0 Å². The van der Waals surface area contributed by atoms with Crippen molar-refractivity contribution in [3.63, 3.8) is 0 Å². The monoisotopic (exact) mass is 452 g/mol. The largest absolute Gasteiger partial charge is 0.486 e. The second-order valence-electron chi connectivity index (χ2n) is 6.80. The first-order valence-corrected chi connectivity index (χ1v) is 10.2. The number of amides is 1. The SMILES string of the molecule is C=CC(=O)Nc1ccccc1-c1n[nH]c2ccc(OC(C)c3c(Cl)cncc3Cl)cc12. The molecule has 6 nitrogen and oxygen atoms in total. The molecule has 1 atom stereocenters. The van der Waals surface area contributed by atoms with E-state index in [1.54, 1.807) is 0 Å². The van der Waals surface area contributed by atoms with Crippen molar-refractivity contribution in [2.24, 2.45) is 0 Å². The van der Waals surface area contributed by atoms with E-state index in [4.69, 9.17) is 27.9 Å². The molecule has 31 heavy (non-hydrogen) atoms. The fourth-order valence-corrected chi connectivity index (χ4v) is 4.00. The van der Waals surface area contributed by atoms with Crippen LogP contribution in [0.3, 0.4) is 0 Å². The lowest BCUT2D eigenvalue weighted by molar-refractivity contribution is -0.111. The number of rotatable bonds is 6. The normalized spacial score (nSPS) is 11.8. The smallest absolute Gasteiger partial charge is 0.247 e. The first-order chi connectivity index (χ1) is 15.0. The number of halogens is 2. The minimum atomic E-state index is -0.394. The van der Waals surface area contributed by atoms with E-state index in [9.17, 15) is 4.79 Å². The van der Waals surface area contributed by atoms with Gasteiger partial charge in [-0.1, -0.05) is 48.0 Å². The Hall–Kier alpha value is -3.35. The van der Waals surface area contributed by atoms with E-state index < -0.39 is 6.10 Å². The van der Waals surface area contributed by atoms with Crippen molar-refractivity contribution < 1.29 is 9.53 Å². The van der Waals surface area contributed by atoms with E-state index in [0.717, 1.165) is 16.5 Å². The van der Waals surface area contributed by atoms with Gasteiger partial charge < -0.3 is 10.1 Å². The lowest BCUT2D eigenvalue weighted by Crippen LogP contribution is -2.08. The lowest BCUT2D eigenvalue weighted by Gasteiger charge is -2.17. The number of ether oxygens (including phenoxy) is 1. The van der Waals surface area contributed by atoms with Crippen LogP contribution in [0.1, 0.15) is 18.6 Å². The minimum Gasteiger partial charge on any atom is -0.486 e. The maximum Gasteiger partial charge on any atom is 0.247 e. The highest BCUT2D eigenvalue weighted by atomic mass is 35.5. The number of pyridine rings is 1. The van der Waals surface area contributed by atoms with Crippen LogP contribution in [0.4, 0.5) is 5.69 Å². The van der Waals surface area contributed by atoms with Gasteiger partial charge in [-0.15, -0.1) is 0 Å². The number of H-pyrrole nitrogens is 1. The van der Waals surface area contributed by atoms with Crippen LogP contribution in [-0.4, -0.2) is 21.1 Å². The molecule has 0 fully saturated rings. The zero-order valence-electron chi connectivity index (χ0n) is 16.5. The molecular weight excluding hydrogens is 435 g/mol. The quantitative estimate of drug-likeness (QED) is 0.341. The van der Waals surface area contributed by atoms with Crippen LogP contribution in [0.5, 0.6) is 5.75 Å². The third-order valence-corrected chi connectivity index (χ3v) is 5.37. The fraction of sp³-hybridized carbons (Fsp3) is 0.0870. The Morgan fingerprint density at radius 3 is 2.68 bits per heavy atom. The molecule has 4 rings (SSSR count). The number of nitrogens with one attached hydrogen (secondary N) is 2. The average Bonchev–Trinajstić information content (AvgIpc) is 3.17.